The van der Waals surface area contributed by atoms with E-state index in [0.717, 1.165) is 32.5 Å². The molecule has 2 aliphatic rings. The van der Waals surface area contributed by atoms with Crippen LogP contribution in [0.3, 0.4) is 0 Å². The van der Waals surface area contributed by atoms with Crippen molar-refractivity contribution < 1.29 is 14.6 Å². The van der Waals surface area contributed by atoms with Gasteiger partial charge in [-0.2, -0.15) is 5.26 Å². The van der Waals surface area contributed by atoms with E-state index < -0.39 is 6.10 Å². The lowest BCUT2D eigenvalue weighted by Gasteiger charge is -2.38. The SMILES string of the molecule is N#Cc1cccnc1OCC(O)CN1CCC2(CC1)CNCO2. The molecular formula is C16H22N4O3. The van der Waals surface area contributed by atoms with Crippen molar-refractivity contribution in [1.29, 1.82) is 5.26 Å². The standard InChI is InChI=1S/C16H22N4O3/c17-8-13-2-1-5-19-15(13)22-10-14(21)9-20-6-3-16(4-7-20)11-18-12-23-16/h1-2,5,14,18,21H,3-4,6-7,9-12H2. The molecule has 0 bridgehead atoms. The second kappa shape index (κ2) is 7.23. The summed E-state index contributed by atoms with van der Waals surface area (Å²) in [6.45, 7) is 4.06. The van der Waals surface area contributed by atoms with Gasteiger partial charge in [0, 0.05) is 32.4 Å². The van der Waals surface area contributed by atoms with E-state index in [-0.39, 0.29) is 18.1 Å². The minimum Gasteiger partial charge on any atom is -0.474 e. The molecule has 1 aromatic heterocycles. The van der Waals surface area contributed by atoms with Crippen LogP contribution in [0.25, 0.3) is 0 Å². The lowest BCUT2D eigenvalue weighted by Crippen LogP contribution is -2.48. The minimum absolute atomic E-state index is 0.00634. The van der Waals surface area contributed by atoms with E-state index in [1.54, 1.807) is 18.3 Å². The van der Waals surface area contributed by atoms with Gasteiger partial charge in [-0.1, -0.05) is 0 Å². The second-order valence-electron chi connectivity index (χ2n) is 6.13. The van der Waals surface area contributed by atoms with Crippen molar-refractivity contribution in [2.45, 2.75) is 24.5 Å². The highest BCUT2D eigenvalue weighted by Gasteiger charge is 2.38. The van der Waals surface area contributed by atoms with Crippen LogP contribution in [0.2, 0.25) is 0 Å². The normalized spacial score (nSPS) is 21.9. The van der Waals surface area contributed by atoms with Crippen molar-refractivity contribution in [2.24, 2.45) is 0 Å². The summed E-state index contributed by atoms with van der Waals surface area (Å²) in [4.78, 5) is 6.25. The zero-order valence-corrected chi connectivity index (χ0v) is 13.1. The zero-order valence-electron chi connectivity index (χ0n) is 13.1. The quantitative estimate of drug-likeness (QED) is 0.796. The lowest BCUT2D eigenvalue weighted by atomic mass is 9.91. The van der Waals surface area contributed by atoms with Crippen molar-refractivity contribution in [3.8, 4) is 11.9 Å². The predicted octanol–water partition coefficient (Wildman–Crippen LogP) is 0.105. The summed E-state index contributed by atoms with van der Waals surface area (Å²) in [6, 6.07) is 5.36. The Labute approximate surface area is 135 Å². The van der Waals surface area contributed by atoms with Crippen molar-refractivity contribution in [3.63, 3.8) is 0 Å². The summed E-state index contributed by atoms with van der Waals surface area (Å²) in [5.74, 6) is 0.275. The monoisotopic (exact) mass is 318 g/mol. The third-order valence-corrected chi connectivity index (χ3v) is 4.47. The van der Waals surface area contributed by atoms with Crippen molar-refractivity contribution in [2.75, 3.05) is 39.5 Å². The fraction of sp³-hybridized carbons (Fsp3) is 0.625. The van der Waals surface area contributed by atoms with Gasteiger partial charge in [0.05, 0.1) is 12.3 Å². The number of aliphatic hydroxyl groups excluding tert-OH is 1. The Kier molecular flexibility index (Phi) is 5.08. The molecule has 2 fully saturated rings. The average molecular weight is 318 g/mol. The number of nitrogens with zero attached hydrogens (tertiary/aromatic N) is 3. The number of likely N-dealkylation sites (tertiary alicyclic amines) is 1. The smallest absolute Gasteiger partial charge is 0.231 e. The molecule has 7 nitrogen and oxygen atoms in total. The number of pyridine rings is 1. The van der Waals surface area contributed by atoms with Crippen molar-refractivity contribution >= 4 is 0 Å². The average Bonchev–Trinajstić information content (AvgIpc) is 3.04. The van der Waals surface area contributed by atoms with Crippen LogP contribution in [0.4, 0.5) is 0 Å². The third kappa shape index (κ3) is 3.98. The van der Waals surface area contributed by atoms with Crippen LogP contribution in [0.5, 0.6) is 5.88 Å². The fourth-order valence-electron chi connectivity index (χ4n) is 3.12. The maximum atomic E-state index is 10.2. The van der Waals surface area contributed by atoms with E-state index in [1.807, 2.05) is 6.07 Å². The van der Waals surface area contributed by atoms with Gasteiger partial charge in [-0.15, -0.1) is 0 Å². The van der Waals surface area contributed by atoms with E-state index in [2.05, 4.69) is 15.2 Å². The Morgan fingerprint density at radius 1 is 1.52 bits per heavy atom. The van der Waals surface area contributed by atoms with Gasteiger partial charge in [0.25, 0.3) is 0 Å². The number of rotatable bonds is 5. The molecule has 0 saturated carbocycles. The topological polar surface area (TPSA) is 90.6 Å². The summed E-state index contributed by atoms with van der Waals surface area (Å²) in [5.41, 5.74) is 0.374. The number of nitriles is 1. The van der Waals surface area contributed by atoms with Crippen LogP contribution < -0.4 is 10.1 Å². The molecular weight excluding hydrogens is 296 g/mol. The van der Waals surface area contributed by atoms with Gasteiger partial charge in [-0.3, -0.25) is 5.32 Å². The van der Waals surface area contributed by atoms with E-state index >= 15 is 0 Å². The highest BCUT2D eigenvalue weighted by molar-refractivity contribution is 5.36. The van der Waals surface area contributed by atoms with Gasteiger partial charge in [0.2, 0.25) is 5.88 Å². The predicted molar refractivity (Wildman–Crippen MR) is 82.8 cm³/mol. The number of aliphatic hydroxyl groups is 1. The largest absolute Gasteiger partial charge is 0.474 e. The molecule has 1 aromatic rings. The summed E-state index contributed by atoms with van der Waals surface area (Å²) >= 11 is 0. The summed E-state index contributed by atoms with van der Waals surface area (Å²) in [7, 11) is 0. The first-order valence-corrected chi connectivity index (χ1v) is 7.94. The first-order chi connectivity index (χ1) is 11.2. The van der Waals surface area contributed by atoms with Crippen LogP contribution in [0, 0.1) is 11.3 Å². The van der Waals surface area contributed by atoms with Gasteiger partial charge in [0.1, 0.15) is 24.3 Å². The summed E-state index contributed by atoms with van der Waals surface area (Å²) in [6.07, 6.45) is 2.92. The first-order valence-electron chi connectivity index (χ1n) is 7.94. The molecule has 23 heavy (non-hydrogen) atoms. The Hall–Kier alpha value is -1.72. The van der Waals surface area contributed by atoms with E-state index in [4.69, 9.17) is 14.7 Å². The zero-order chi connectivity index (χ0) is 16.1. The maximum absolute atomic E-state index is 10.2. The molecule has 124 valence electrons. The van der Waals surface area contributed by atoms with Gasteiger partial charge in [0.15, 0.2) is 0 Å². The number of aromatic nitrogens is 1. The molecule has 0 radical (unpaired) electrons. The number of nitrogens with one attached hydrogen (secondary N) is 1. The van der Waals surface area contributed by atoms with E-state index in [9.17, 15) is 5.11 Å². The molecule has 0 aliphatic carbocycles. The van der Waals surface area contributed by atoms with Crippen molar-refractivity contribution in [3.05, 3.63) is 23.9 Å². The molecule has 7 heteroatoms. The van der Waals surface area contributed by atoms with Crippen LogP contribution in [-0.4, -0.2) is 66.2 Å². The molecule has 3 rings (SSSR count). The molecule has 0 aromatic carbocycles. The highest BCUT2D eigenvalue weighted by Crippen LogP contribution is 2.28. The summed E-state index contributed by atoms with van der Waals surface area (Å²) < 4.78 is 11.3. The van der Waals surface area contributed by atoms with Crippen molar-refractivity contribution in [1.82, 2.24) is 15.2 Å². The van der Waals surface area contributed by atoms with Crippen LogP contribution in [-0.2, 0) is 4.74 Å². The fourth-order valence-corrected chi connectivity index (χ4v) is 3.12. The number of piperidine rings is 1. The second-order valence-corrected chi connectivity index (χ2v) is 6.13. The maximum Gasteiger partial charge on any atom is 0.231 e. The number of ether oxygens (including phenoxy) is 2. The molecule has 2 aliphatic heterocycles. The Balaban J connectivity index is 1.43. The molecule has 2 saturated heterocycles. The van der Waals surface area contributed by atoms with Crippen LogP contribution in [0.1, 0.15) is 18.4 Å². The van der Waals surface area contributed by atoms with Crippen LogP contribution in [0.15, 0.2) is 18.3 Å². The lowest BCUT2D eigenvalue weighted by molar-refractivity contribution is -0.0451. The van der Waals surface area contributed by atoms with Gasteiger partial charge in [-0.05, 0) is 25.0 Å². The van der Waals surface area contributed by atoms with Gasteiger partial charge >= 0.3 is 0 Å². The highest BCUT2D eigenvalue weighted by atomic mass is 16.5. The number of β-amino-alcohol motifs (C(OH)–C–C–N with tert-alkyl or cyclic N) is 1. The third-order valence-electron chi connectivity index (χ3n) is 4.47. The van der Waals surface area contributed by atoms with Gasteiger partial charge in [-0.25, -0.2) is 4.98 Å². The number of hydrogen-bond acceptors (Lipinski definition) is 7. The van der Waals surface area contributed by atoms with Gasteiger partial charge < -0.3 is 19.5 Å². The van der Waals surface area contributed by atoms with E-state index in [1.165, 1.54) is 0 Å². The molecule has 1 spiro atoms. The molecule has 3 heterocycles. The minimum atomic E-state index is -0.611. The molecule has 1 atom stereocenters. The molecule has 0 amide bonds. The van der Waals surface area contributed by atoms with Crippen LogP contribution >= 0.6 is 0 Å². The number of hydrogen-bond donors (Lipinski definition) is 2. The first kappa shape index (κ1) is 16.1. The summed E-state index contributed by atoms with van der Waals surface area (Å²) in [5, 5.41) is 22.4. The Bertz CT molecular complexity index is 559. The Morgan fingerprint density at radius 2 is 2.35 bits per heavy atom. The Morgan fingerprint density at radius 3 is 3.04 bits per heavy atom. The molecule has 1 unspecified atom stereocenters. The molecule has 2 N–H and O–H groups in total. The van der Waals surface area contributed by atoms with E-state index in [0.29, 0.717) is 18.8 Å².